The van der Waals surface area contributed by atoms with Crippen molar-refractivity contribution in [2.45, 2.75) is 11.8 Å². The van der Waals surface area contributed by atoms with Crippen LogP contribution in [0.15, 0.2) is 52.1 Å². The summed E-state index contributed by atoms with van der Waals surface area (Å²) in [5, 5.41) is 0. The molecular formula is C16H24N4O3S. The summed E-state index contributed by atoms with van der Waals surface area (Å²) in [7, 11) is 2.99. The molecular weight excluding hydrogens is 328 g/mol. The summed E-state index contributed by atoms with van der Waals surface area (Å²) in [4.78, 5) is 6.26. The highest BCUT2D eigenvalue weighted by Crippen LogP contribution is 2.30. The third-order valence-corrected chi connectivity index (χ3v) is 4.69. The van der Waals surface area contributed by atoms with E-state index in [1.807, 2.05) is 19.0 Å². The van der Waals surface area contributed by atoms with Gasteiger partial charge in [0.05, 0.1) is 29.1 Å². The monoisotopic (exact) mass is 352 g/mol. The van der Waals surface area contributed by atoms with Gasteiger partial charge in [0.15, 0.2) is 0 Å². The number of sulfonamides is 1. The predicted molar refractivity (Wildman–Crippen MR) is 98.2 cm³/mol. The fraction of sp³-hybridized carbons (Fsp3) is 0.312. The number of anilines is 1. The fourth-order valence-electron chi connectivity index (χ4n) is 1.84. The third-order valence-electron chi connectivity index (χ3n) is 3.28. The van der Waals surface area contributed by atoms with Crippen LogP contribution in [0, 0.1) is 0 Å². The zero-order valence-electron chi connectivity index (χ0n) is 14.6. The smallest absolute Gasteiger partial charge is 0.240 e. The van der Waals surface area contributed by atoms with E-state index >= 15 is 0 Å². The maximum Gasteiger partial charge on any atom is 0.240 e. The van der Waals surface area contributed by atoms with Crippen LogP contribution in [0.1, 0.15) is 6.92 Å². The number of hydrogen-bond donors (Lipinski definition) is 2. The molecule has 1 rings (SSSR count). The minimum atomic E-state index is -3.58. The maximum atomic E-state index is 12.0. The summed E-state index contributed by atoms with van der Waals surface area (Å²) in [6.45, 7) is 5.61. The van der Waals surface area contributed by atoms with Gasteiger partial charge in [-0.05, 0) is 38.2 Å². The van der Waals surface area contributed by atoms with Gasteiger partial charge < -0.3 is 15.4 Å². The molecule has 0 unspecified atom stereocenters. The SMILES string of the molecule is C=C(C=C(C)OC)C(N)=Nc1cc(S(=O)(=O)NC)ccc1N(C)C. The first kappa shape index (κ1) is 19.7. The minimum absolute atomic E-state index is 0.108. The first-order valence-corrected chi connectivity index (χ1v) is 8.61. The highest BCUT2D eigenvalue weighted by Gasteiger charge is 2.15. The van der Waals surface area contributed by atoms with Crippen molar-refractivity contribution in [3.8, 4) is 0 Å². The second-order valence-corrected chi connectivity index (χ2v) is 7.12. The molecule has 0 aromatic heterocycles. The molecule has 0 spiro atoms. The van der Waals surface area contributed by atoms with Crippen LogP contribution < -0.4 is 15.4 Å². The first-order chi connectivity index (χ1) is 11.1. The van der Waals surface area contributed by atoms with E-state index in [-0.39, 0.29) is 10.7 Å². The zero-order chi connectivity index (χ0) is 18.5. The highest BCUT2D eigenvalue weighted by molar-refractivity contribution is 7.89. The summed E-state index contributed by atoms with van der Waals surface area (Å²) < 4.78 is 31.3. The minimum Gasteiger partial charge on any atom is -0.501 e. The Balaban J connectivity index is 3.42. The molecule has 0 heterocycles. The Bertz CT molecular complexity index is 781. The van der Waals surface area contributed by atoms with Gasteiger partial charge in [0.1, 0.15) is 5.84 Å². The second kappa shape index (κ2) is 7.98. The van der Waals surface area contributed by atoms with Crippen molar-refractivity contribution in [2.24, 2.45) is 10.7 Å². The van der Waals surface area contributed by atoms with Crippen molar-refractivity contribution in [2.75, 3.05) is 33.2 Å². The largest absolute Gasteiger partial charge is 0.501 e. The van der Waals surface area contributed by atoms with E-state index in [2.05, 4.69) is 16.3 Å². The number of nitrogens with one attached hydrogen (secondary N) is 1. The topological polar surface area (TPSA) is 97.0 Å². The molecule has 0 atom stereocenters. The molecule has 8 heteroatoms. The van der Waals surface area contributed by atoms with Crippen LogP contribution in [-0.4, -0.2) is 42.5 Å². The van der Waals surface area contributed by atoms with Crippen LogP contribution >= 0.6 is 0 Å². The molecule has 132 valence electrons. The van der Waals surface area contributed by atoms with Crippen LogP contribution in [-0.2, 0) is 14.8 Å². The van der Waals surface area contributed by atoms with Gasteiger partial charge in [-0.2, -0.15) is 0 Å². The third kappa shape index (κ3) is 4.84. The molecule has 3 N–H and O–H groups in total. The lowest BCUT2D eigenvalue weighted by Gasteiger charge is -2.16. The molecule has 0 saturated carbocycles. The molecule has 1 aromatic carbocycles. The Kier molecular flexibility index (Phi) is 6.56. The van der Waals surface area contributed by atoms with Crippen molar-refractivity contribution in [3.05, 3.63) is 42.2 Å². The lowest BCUT2D eigenvalue weighted by atomic mass is 10.2. The lowest BCUT2D eigenvalue weighted by molar-refractivity contribution is 0.293. The normalized spacial score (nSPS) is 12.9. The number of benzene rings is 1. The second-order valence-electron chi connectivity index (χ2n) is 5.23. The number of allylic oxidation sites excluding steroid dienone is 1. The van der Waals surface area contributed by atoms with E-state index in [9.17, 15) is 8.42 Å². The number of amidine groups is 1. The van der Waals surface area contributed by atoms with E-state index < -0.39 is 10.0 Å². The first-order valence-electron chi connectivity index (χ1n) is 7.13. The summed E-state index contributed by atoms with van der Waals surface area (Å²) in [5.74, 6) is 0.811. The average Bonchev–Trinajstić information content (AvgIpc) is 2.54. The molecule has 0 amide bonds. The van der Waals surface area contributed by atoms with Gasteiger partial charge >= 0.3 is 0 Å². The van der Waals surface area contributed by atoms with Gasteiger partial charge in [-0.25, -0.2) is 18.1 Å². The van der Waals surface area contributed by atoms with E-state index in [1.54, 1.807) is 26.2 Å². The molecule has 0 aliphatic heterocycles. The quantitative estimate of drug-likeness (QED) is 0.337. The number of ether oxygens (including phenoxy) is 1. The molecule has 0 saturated heterocycles. The standard InChI is InChI=1S/C16H24N4O3S/c1-11(9-12(2)23-6)16(17)19-14-10-13(24(21,22)18-3)7-8-15(14)20(4)5/h7-10,18H,1H2,2-6H3,(H2,17,19). The van der Waals surface area contributed by atoms with Crippen molar-refractivity contribution >= 4 is 27.2 Å². The predicted octanol–water partition coefficient (Wildman–Crippen LogP) is 1.76. The van der Waals surface area contributed by atoms with E-state index in [4.69, 9.17) is 10.5 Å². The van der Waals surface area contributed by atoms with Crippen molar-refractivity contribution in [1.29, 1.82) is 0 Å². The van der Waals surface area contributed by atoms with Crippen LogP contribution in [0.5, 0.6) is 0 Å². The van der Waals surface area contributed by atoms with Gasteiger partial charge in [0, 0.05) is 19.7 Å². The molecule has 0 bridgehead atoms. The zero-order valence-corrected chi connectivity index (χ0v) is 15.4. The van der Waals surface area contributed by atoms with Crippen LogP contribution in [0.2, 0.25) is 0 Å². The van der Waals surface area contributed by atoms with Crippen molar-refractivity contribution < 1.29 is 13.2 Å². The summed E-state index contributed by atoms with van der Waals surface area (Å²) >= 11 is 0. The summed E-state index contributed by atoms with van der Waals surface area (Å²) in [5.41, 5.74) is 7.61. The van der Waals surface area contributed by atoms with E-state index in [0.717, 1.165) is 5.69 Å². The Morgan fingerprint density at radius 1 is 1.42 bits per heavy atom. The lowest BCUT2D eigenvalue weighted by Crippen LogP contribution is -2.19. The Hall–Kier alpha value is -2.32. The number of hydrogen-bond acceptors (Lipinski definition) is 5. The van der Waals surface area contributed by atoms with Gasteiger partial charge in [-0.1, -0.05) is 6.58 Å². The Labute approximate surface area is 143 Å². The molecule has 1 aromatic rings. The highest BCUT2D eigenvalue weighted by atomic mass is 32.2. The van der Waals surface area contributed by atoms with Crippen LogP contribution in [0.4, 0.5) is 11.4 Å². The molecule has 0 aliphatic rings. The van der Waals surface area contributed by atoms with Crippen LogP contribution in [0.25, 0.3) is 0 Å². The molecule has 0 aliphatic carbocycles. The Morgan fingerprint density at radius 3 is 2.54 bits per heavy atom. The number of aliphatic imine (C=N–C) groups is 1. The van der Waals surface area contributed by atoms with Crippen LogP contribution in [0.3, 0.4) is 0 Å². The fourth-order valence-corrected chi connectivity index (χ4v) is 2.59. The molecule has 7 nitrogen and oxygen atoms in total. The van der Waals surface area contributed by atoms with Gasteiger partial charge in [-0.3, -0.25) is 0 Å². The van der Waals surface area contributed by atoms with E-state index in [1.165, 1.54) is 19.2 Å². The summed E-state index contributed by atoms with van der Waals surface area (Å²) in [6.07, 6.45) is 1.66. The number of nitrogens with two attached hydrogens (primary N) is 1. The average molecular weight is 352 g/mol. The van der Waals surface area contributed by atoms with E-state index in [0.29, 0.717) is 17.0 Å². The number of methoxy groups -OCH3 is 1. The summed E-state index contributed by atoms with van der Waals surface area (Å²) in [6, 6.07) is 4.66. The van der Waals surface area contributed by atoms with Gasteiger partial charge in [-0.15, -0.1) is 0 Å². The molecule has 24 heavy (non-hydrogen) atoms. The maximum absolute atomic E-state index is 12.0. The van der Waals surface area contributed by atoms with Crippen molar-refractivity contribution in [1.82, 2.24) is 4.72 Å². The number of nitrogens with zero attached hydrogens (tertiary/aromatic N) is 2. The van der Waals surface area contributed by atoms with Crippen molar-refractivity contribution in [3.63, 3.8) is 0 Å². The molecule has 0 radical (unpaired) electrons. The Morgan fingerprint density at radius 2 is 2.04 bits per heavy atom. The molecule has 0 fully saturated rings. The van der Waals surface area contributed by atoms with Gasteiger partial charge in [0.25, 0.3) is 0 Å². The number of rotatable bonds is 7. The van der Waals surface area contributed by atoms with Gasteiger partial charge in [0.2, 0.25) is 10.0 Å².